The molecule has 2 fully saturated rings. The number of hydrogen-bond donors (Lipinski definition) is 2. The summed E-state index contributed by atoms with van der Waals surface area (Å²) < 4.78 is -0.448. The van der Waals surface area contributed by atoms with E-state index in [9.17, 15) is 14.7 Å². The van der Waals surface area contributed by atoms with Crippen molar-refractivity contribution < 1.29 is 14.7 Å². The summed E-state index contributed by atoms with van der Waals surface area (Å²) in [6.45, 7) is 3.74. The molecule has 0 aliphatic carbocycles. The monoisotopic (exact) mass is 244 g/mol. The molecular weight excluding hydrogens is 228 g/mol. The lowest BCUT2D eigenvalue weighted by atomic mass is 9.97. The zero-order valence-corrected chi connectivity index (χ0v) is 10.2. The maximum absolute atomic E-state index is 11.9. The number of nitrogens with zero attached hydrogens (tertiary/aromatic N) is 1. The molecule has 0 aromatic heterocycles. The van der Waals surface area contributed by atoms with Crippen LogP contribution in [0.3, 0.4) is 0 Å². The Morgan fingerprint density at radius 2 is 2.19 bits per heavy atom. The second-order valence-corrected chi connectivity index (χ2v) is 6.68. The van der Waals surface area contributed by atoms with Crippen LogP contribution in [0.5, 0.6) is 0 Å². The van der Waals surface area contributed by atoms with Crippen LogP contribution in [0.15, 0.2) is 0 Å². The molecule has 90 valence electrons. The van der Waals surface area contributed by atoms with Crippen molar-refractivity contribution in [3.05, 3.63) is 0 Å². The van der Waals surface area contributed by atoms with Gasteiger partial charge in [-0.1, -0.05) is 0 Å². The summed E-state index contributed by atoms with van der Waals surface area (Å²) in [4.78, 5) is 24.7. The van der Waals surface area contributed by atoms with Crippen LogP contribution in [0.4, 0.5) is 0 Å². The van der Waals surface area contributed by atoms with Gasteiger partial charge in [0, 0.05) is 4.75 Å². The first-order valence-corrected chi connectivity index (χ1v) is 6.21. The Balaban J connectivity index is 2.35. The van der Waals surface area contributed by atoms with Crippen molar-refractivity contribution in [1.82, 2.24) is 4.90 Å². The van der Waals surface area contributed by atoms with E-state index in [1.165, 1.54) is 4.90 Å². The fourth-order valence-electron chi connectivity index (χ4n) is 2.49. The zero-order valence-electron chi connectivity index (χ0n) is 9.34. The lowest BCUT2D eigenvalue weighted by Gasteiger charge is -2.35. The Hall–Kier alpha value is -0.750. The molecule has 0 bridgehead atoms. The first-order chi connectivity index (χ1) is 7.34. The number of fused-ring (bicyclic) bond motifs is 1. The Bertz CT molecular complexity index is 345. The second kappa shape index (κ2) is 3.63. The summed E-state index contributed by atoms with van der Waals surface area (Å²) in [6.07, 6.45) is 1.43. The summed E-state index contributed by atoms with van der Waals surface area (Å²) in [7, 11) is 0. The van der Waals surface area contributed by atoms with Crippen molar-refractivity contribution in [2.24, 2.45) is 5.73 Å². The van der Waals surface area contributed by atoms with Crippen molar-refractivity contribution in [2.45, 2.75) is 48.9 Å². The van der Waals surface area contributed by atoms with E-state index in [4.69, 9.17) is 5.73 Å². The topological polar surface area (TPSA) is 83.6 Å². The quantitative estimate of drug-likeness (QED) is 0.690. The van der Waals surface area contributed by atoms with Crippen LogP contribution in [0, 0.1) is 0 Å². The number of nitrogens with two attached hydrogens (primary N) is 1. The van der Waals surface area contributed by atoms with Gasteiger partial charge in [0.1, 0.15) is 6.04 Å². The number of carboxylic acid groups (broad SMARTS) is 1. The van der Waals surface area contributed by atoms with E-state index in [1.54, 1.807) is 11.8 Å². The molecule has 0 radical (unpaired) electrons. The number of carbonyl (C=O) groups is 2. The number of rotatable bonds is 1. The number of hydrogen-bond acceptors (Lipinski definition) is 4. The van der Waals surface area contributed by atoms with Crippen LogP contribution in [0.2, 0.25) is 0 Å². The first kappa shape index (κ1) is 11.7. The van der Waals surface area contributed by atoms with Gasteiger partial charge in [-0.3, -0.25) is 4.79 Å². The number of piperidine rings is 1. The molecule has 3 atom stereocenters. The Morgan fingerprint density at radius 1 is 1.56 bits per heavy atom. The minimum Gasteiger partial charge on any atom is -0.480 e. The van der Waals surface area contributed by atoms with E-state index in [0.29, 0.717) is 6.42 Å². The lowest BCUT2D eigenvalue weighted by Crippen LogP contribution is -2.57. The highest BCUT2D eigenvalue weighted by Gasteiger charge is 2.55. The highest BCUT2D eigenvalue weighted by Crippen LogP contribution is 2.47. The lowest BCUT2D eigenvalue weighted by molar-refractivity contribution is -0.153. The van der Waals surface area contributed by atoms with Gasteiger partial charge in [-0.25, -0.2) is 4.79 Å². The Kier molecular flexibility index (Phi) is 2.66. The molecule has 2 saturated heterocycles. The van der Waals surface area contributed by atoms with E-state index in [2.05, 4.69) is 0 Å². The highest BCUT2D eigenvalue weighted by molar-refractivity contribution is 8.01. The van der Waals surface area contributed by atoms with Gasteiger partial charge in [0.05, 0.1) is 11.4 Å². The molecule has 6 heteroatoms. The summed E-state index contributed by atoms with van der Waals surface area (Å²) in [5.41, 5.74) is 5.69. The molecule has 16 heavy (non-hydrogen) atoms. The third kappa shape index (κ3) is 1.60. The van der Waals surface area contributed by atoms with Crippen LogP contribution >= 0.6 is 11.8 Å². The van der Waals surface area contributed by atoms with E-state index >= 15 is 0 Å². The van der Waals surface area contributed by atoms with Crippen LogP contribution in [0.1, 0.15) is 26.7 Å². The summed E-state index contributed by atoms with van der Waals surface area (Å²) in [6, 6.07) is -1.30. The third-order valence-corrected chi connectivity index (χ3v) is 4.78. The SMILES string of the molecule is CC1(C)S[C@@H]2CC[C@H](N)C(=O)N2[C@@H]1C(=O)O. The molecule has 0 unspecified atom stereocenters. The molecular formula is C10H16N2O3S. The smallest absolute Gasteiger partial charge is 0.327 e. The van der Waals surface area contributed by atoms with Crippen molar-refractivity contribution in [3.8, 4) is 0 Å². The number of amides is 1. The molecule has 2 aliphatic rings. The molecule has 3 N–H and O–H groups in total. The number of aliphatic carboxylic acids is 1. The fraction of sp³-hybridized carbons (Fsp3) is 0.800. The van der Waals surface area contributed by atoms with Gasteiger partial charge in [0.15, 0.2) is 0 Å². The minimum atomic E-state index is -0.942. The molecule has 0 spiro atoms. The maximum Gasteiger partial charge on any atom is 0.327 e. The van der Waals surface area contributed by atoms with Crippen LogP contribution < -0.4 is 5.73 Å². The molecule has 5 nitrogen and oxygen atoms in total. The molecule has 0 aromatic rings. The number of carboxylic acids is 1. The van der Waals surface area contributed by atoms with Crippen LogP contribution in [0.25, 0.3) is 0 Å². The highest BCUT2D eigenvalue weighted by atomic mass is 32.2. The fourth-order valence-corrected chi connectivity index (χ4v) is 4.13. The molecule has 2 heterocycles. The van der Waals surface area contributed by atoms with E-state index in [1.807, 2.05) is 13.8 Å². The summed E-state index contributed by atoms with van der Waals surface area (Å²) in [5.74, 6) is -1.16. The van der Waals surface area contributed by atoms with E-state index < -0.39 is 22.8 Å². The standard InChI is InChI=1S/C10H16N2O3S/c1-10(2)7(9(14)15)12-6(16-10)4-3-5(11)8(12)13/h5-7H,3-4,11H2,1-2H3,(H,14,15)/t5-,6+,7+/m0/s1. The van der Waals surface area contributed by atoms with Gasteiger partial charge in [0.2, 0.25) is 5.91 Å². The van der Waals surface area contributed by atoms with E-state index in [0.717, 1.165) is 6.42 Å². The average molecular weight is 244 g/mol. The Labute approximate surface area is 98.4 Å². The zero-order chi connectivity index (χ0) is 12.1. The predicted octanol–water partition coefficient (Wildman–Crippen LogP) is 0.241. The van der Waals surface area contributed by atoms with Gasteiger partial charge in [0.25, 0.3) is 0 Å². The largest absolute Gasteiger partial charge is 0.480 e. The molecule has 2 rings (SSSR count). The summed E-state index contributed by atoms with van der Waals surface area (Å²) in [5, 5.41) is 9.22. The van der Waals surface area contributed by atoms with Crippen molar-refractivity contribution >= 4 is 23.6 Å². The van der Waals surface area contributed by atoms with Gasteiger partial charge in [-0.05, 0) is 26.7 Å². The van der Waals surface area contributed by atoms with Crippen molar-refractivity contribution in [3.63, 3.8) is 0 Å². The summed E-state index contributed by atoms with van der Waals surface area (Å²) >= 11 is 1.56. The van der Waals surface area contributed by atoms with Gasteiger partial charge in [-0.2, -0.15) is 0 Å². The average Bonchev–Trinajstić information content (AvgIpc) is 2.43. The first-order valence-electron chi connectivity index (χ1n) is 5.33. The molecule has 2 aliphatic heterocycles. The van der Waals surface area contributed by atoms with Crippen LogP contribution in [-0.4, -0.2) is 44.1 Å². The number of carbonyl (C=O) groups excluding carboxylic acids is 1. The van der Waals surface area contributed by atoms with Crippen molar-refractivity contribution in [1.29, 1.82) is 0 Å². The maximum atomic E-state index is 11.9. The normalized spacial score (nSPS) is 37.3. The molecule has 1 amide bonds. The predicted molar refractivity (Wildman–Crippen MR) is 60.9 cm³/mol. The number of thioether (sulfide) groups is 1. The molecule has 0 saturated carbocycles. The third-order valence-electron chi connectivity index (χ3n) is 3.22. The van der Waals surface area contributed by atoms with Gasteiger partial charge >= 0.3 is 5.97 Å². The van der Waals surface area contributed by atoms with Gasteiger partial charge < -0.3 is 15.7 Å². The van der Waals surface area contributed by atoms with E-state index in [-0.39, 0.29) is 11.3 Å². The second-order valence-electron chi connectivity index (χ2n) is 4.85. The van der Waals surface area contributed by atoms with Gasteiger partial charge in [-0.15, -0.1) is 11.8 Å². The van der Waals surface area contributed by atoms with Crippen LogP contribution in [-0.2, 0) is 9.59 Å². The minimum absolute atomic E-state index is 0.0246. The molecule has 0 aromatic carbocycles. The Morgan fingerprint density at radius 3 is 2.75 bits per heavy atom. The van der Waals surface area contributed by atoms with Crippen molar-refractivity contribution in [2.75, 3.05) is 0 Å².